The lowest BCUT2D eigenvalue weighted by Gasteiger charge is -2.17. The maximum absolute atomic E-state index is 11.9. The van der Waals surface area contributed by atoms with Crippen molar-refractivity contribution in [2.45, 2.75) is 53.7 Å². The molecule has 1 aromatic rings. The van der Waals surface area contributed by atoms with Gasteiger partial charge in [0, 0.05) is 12.6 Å². The fourth-order valence-electron chi connectivity index (χ4n) is 1.81. The number of nitrogens with one attached hydrogen (secondary N) is 1. The maximum Gasteiger partial charge on any atom is 0.313 e. The minimum atomic E-state index is -0.770. The summed E-state index contributed by atoms with van der Waals surface area (Å²) in [6, 6.07) is 4.97. The van der Waals surface area contributed by atoms with E-state index in [-0.39, 0.29) is 29.4 Å². The number of carbonyl (C=O) groups is 2. The molecular formula is C19H29NO5. The van der Waals surface area contributed by atoms with E-state index in [0.29, 0.717) is 12.1 Å². The number of rotatable bonds is 8. The van der Waals surface area contributed by atoms with E-state index in [1.807, 2.05) is 13.8 Å². The summed E-state index contributed by atoms with van der Waals surface area (Å²) in [5, 5.41) is 13.4. The molecule has 140 valence electrons. The first-order valence-electron chi connectivity index (χ1n) is 8.60. The highest BCUT2D eigenvalue weighted by Crippen LogP contribution is 2.32. The Bertz CT molecular complexity index is 595. The van der Waals surface area contributed by atoms with Gasteiger partial charge in [-0.25, -0.2) is 0 Å². The van der Waals surface area contributed by atoms with E-state index in [9.17, 15) is 14.7 Å². The van der Waals surface area contributed by atoms with Crippen LogP contribution in [0.1, 0.15) is 53.2 Å². The first-order chi connectivity index (χ1) is 11.6. The van der Waals surface area contributed by atoms with Gasteiger partial charge in [-0.1, -0.05) is 47.6 Å². The van der Waals surface area contributed by atoms with Crippen LogP contribution in [0.2, 0.25) is 0 Å². The van der Waals surface area contributed by atoms with Crippen LogP contribution in [0.3, 0.4) is 0 Å². The second-order valence-electron chi connectivity index (χ2n) is 6.94. The summed E-state index contributed by atoms with van der Waals surface area (Å²) >= 11 is 0. The van der Waals surface area contributed by atoms with Crippen LogP contribution < -0.4 is 14.8 Å². The molecule has 1 rings (SSSR count). The van der Waals surface area contributed by atoms with Gasteiger partial charge in [0.25, 0.3) is 0 Å². The monoisotopic (exact) mass is 351 g/mol. The van der Waals surface area contributed by atoms with Crippen molar-refractivity contribution in [3.05, 3.63) is 23.8 Å². The Labute approximate surface area is 149 Å². The third-order valence-electron chi connectivity index (χ3n) is 3.44. The van der Waals surface area contributed by atoms with E-state index >= 15 is 0 Å². The van der Waals surface area contributed by atoms with Crippen molar-refractivity contribution in [2.75, 3.05) is 6.54 Å². The van der Waals surface area contributed by atoms with Crippen molar-refractivity contribution in [3.63, 3.8) is 0 Å². The molecule has 0 radical (unpaired) electrons. The van der Waals surface area contributed by atoms with E-state index in [4.69, 9.17) is 9.47 Å². The number of aliphatic hydroxyl groups excluding tert-OH is 1. The highest BCUT2D eigenvalue weighted by atomic mass is 16.6. The zero-order chi connectivity index (χ0) is 19.1. The number of hydrogen-bond donors (Lipinski definition) is 2. The number of benzene rings is 1. The Kier molecular flexibility index (Phi) is 8.06. The van der Waals surface area contributed by atoms with Crippen LogP contribution >= 0.6 is 0 Å². The molecule has 0 saturated carbocycles. The lowest BCUT2D eigenvalue weighted by Crippen LogP contribution is -2.28. The van der Waals surface area contributed by atoms with E-state index in [2.05, 4.69) is 5.32 Å². The minimum Gasteiger partial charge on any atom is -0.422 e. The molecule has 0 spiro atoms. The first-order valence-corrected chi connectivity index (χ1v) is 8.60. The molecule has 0 aromatic heterocycles. The van der Waals surface area contributed by atoms with E-state index in [1.165, 1.54) is 12.1 Å². The minimum absolute atomic E-state index is 0.133. The Morgan fingerprint density at radius 1 is 0.960 bits per heavy atom. The molecule has 0 fully saturated rings. The van der Waals surface area contributed by atoms with Crippen molar-refractivity contribution in [3.8, 4) is 11.5 Å². The van der Waals surface area contributed by atoms with Gasteiger partial charge in [0.15, 0.2) is 11.5 Å². The van der Waals surface area contributed by atoms with Crippen LogP contribution in [0.25, 0.3) is 0 Å². The highest BCUT2D eigenvalue weighted by Gasteiger charge is 2.20. The fourth-order valence-corrected chi connectivity index (χ4v) is 1.81. The van der Waals surface area contributed by atoms with Gasteiger partial charge in [-0.15, -0.1) is 0 Å². The number of carbonyl (C=O) groups excluding carboxylic acids is 2. The van der Waals surface area contributed by atoms with Crippen LogP contribution in [0.5, 0.6) is 11.5 Å². The van der Waals surface area contributed by atoms with Gasteiger partial charge >= 0.3 is 11.9 Å². The Hall–Kier alpha value is -1.92. The van der Waals surface area contributed by atoms with Crippen molar-refractivity contribution in [1.82, 2.24) is 5.32 Å². The molecule has 0 aliphatic carbocycles. The van der Waals surface area contributed by atoms with Gasteiger partial charge in [0.05, 0.1) is 17.9 Å². The molecule has 0 saturated heterocycles. The molecule has 0 bridgehead atoms. The number of esters is 2. The topological polar surface area (TPSA) is 84.9 Å². The Morgan fingerprint density at radius 3 is 1.96 bits per heavy atom. The molecule has 0 amide bonds. The third kappa shape index (κ3) is 6.84. The lowest BCUT2D eigenvalue weighted by molar-refractivity contribution is -0.140. The SMILES string of the molecule is CC(C)NC[C@@H](O)c1ccc(OC(=O)C(C)C)c(OC(=O)C(C)C)c1. The van der Waals surface area contributed by atoms with Gasteiger partial charge in [0.1, 0.15) is 0 Å². The Morgan fingerprint density at radius 2 is 1.48 bits per heavy atom. The molecule has 0 aliphatic rings. The standard InChI is InChI=1S/C19H29NO5/c1-11(2)18(22)24-16-8-7-14(15(21)10-20-13(5)6)9-17(16)25-19(23)12(3)4/h7-9,11-13,15,20-21H,10H2,1-6H3/t15-/m1/s1. The van der Waals surface area contributed by atoms with Crippen LogP contribution in [-0.2, 0) is 9.59 Å². The molecule has 6 nitrogen and oxygen atoms in total. The number of aliphatic hydroxyl groups is 1. The van der Waals surface area contributed by atoms with Crippen molar-refractivity contribution in [1.29, 1.82) is 0 Å². The van der Waals surface area contributed by atoms with Crippen LogP contribution in [0.4, 0.5) is 0 Å². The molecule has 25 heavy (non-hydrogen) atoms. The second kappa shape index (κ2) is 9.53. The quantitative estimate of drug-likeness (QED) is 0.553. The normalized spacial score (nSPS) is 12.6. The van der Waals surface area contributed by atoms with Crippen molar-refractivity contribution < 1.29 is 24.2 Å². The smallest absolute Gasteiger partial charge is 0.313 e. The highest BCUT2D eigenvalue weighted by molar-refractivity contribution is 5.78. The molecule has 0 aliphatic heterocycles. The van der Waals surface area contributed by atoms with Gasteiger partial charge in [-0.3, -0.25) is 9.59 Å². The fraction of sp³-hybridized carbons (Fsp3) is 0.579. The van der Waals surface area contributed by atoms with Crippen LogP contribution in [0.15, 0.2) is 18.2 Å². The van der Waals surface area contributed by atoms with Gasteiger partial charge in [0.2, 0.25) is 0 Å². The lowest BCUT2D eigenvalue weighted by atomic mass is 10.1. The van der Waals surface area contributed by atoms with Gasteiger partial charge in [-0.05, 0) is 17.7 Å². The first kappa shape index (κ1) is 21.1. The number of ether oxygens (including phenoxy) is 2. The Balaban J connectivity index is 3.07. The molecule has 0 unspecified atom stereocenters. The van der Waals surface area contributed by atoms with Crippen LogP contribution in [0, 0.1) is 11.8 Å². The summed E-state index contributed by atoms with van der Waals surface area (Å²) in [7, 11) is 0. The summed E-state index contributed by atoms with van der Waals surface area (Å²) in [6.45, 7) is 11.2. The summed E-state index contributed by atoms with van der Waals surface area (Å²) in [5.74, 6) is -1.20. The van der Waals surface area contributed by atoms with E-state index in [1.54, 1.807) is 33.8 Å². The maximum atomic E-state index is 11.9. The van der Waals surface area contributed by atoms with Gasteiger partial charge in [-0.2, -0.15) is 0 Å². The average Bonchev–Trinajstić information content (AvgIpc) is 2.53. The largest absolute Gasteiger partial charge is 0.422 e. The van der Waals surface area contributed by atoms with Gasteiger partial charge < -0.3 is 19.9 Å². The van der Waals surface area contributed by atoms with E-state index in [0.717, 1.165) is 0 Å². The molecular weight excluding hydrogens is 322 g/mol. The number of hydrogen-bond acceptors (Lipinski definition) is 6. The predicted molar refractivity (Wildman–Crippen MR) is 95.5 cm³/mol. The molecule has 1 aromatic carbocycles. The zero-order valence-corrected chi connectivity index (χ0v) is 15.8. The predicted octanol–water partition coefficient (Wildman–Crippen LogP) is 2.84. The van der Waals surface area contributed by atoms with E-state index < -0.39 is 18.0 Å². The molecule has 6 heteroatoms. The summed E-state index contributed by atoms with van der Waals surface area (Å²) in [5.41, 5.74) is 0.573. The van der Waals surface area contributed by atoms with Crippen molar-refractivity contribution in [2.24, 2.45) is 11.8 Å². The van der Waals surface area contributed by atoms with Crippen LogP contribution in [-0.4, -0.2) is 29.6 Å². The summed E-state index contributed by atoms with van der Waals surface area (Å²) in [6.07, 6.45) is -0.770. The summed E-state index contributed by atoms with van der Waals surface area (Å²) < 4.78 is 10.7. The van der Waals surface area contributed by atoms with Crippen molar-refractivity contribution >= 4 is 11.9 Å². The molecule has 2 N–H and O–H groups in total. The zero-order valence-electron chi connectivity index (χ0n) is 15.8. The second-order valence-corrected chi connectivity index (χ2v) is 6.94. The average molecular weight is 351 g/mol. The molecule has 1 atom stereocenters. The summed E-state index contributed by atoms with van der Waals surface area (Å²) in [4.78, 5) is 23.8. The molecule has 0 heterocycles. The third-order valence-corrected chi connectivity index (χ3v) is 3.44.